The fraction of sp³-hybridized carbons (Fsp3) is 0.250. The average molecular weight is 488 g/mol. The van der Waals surface area contributed by atoms with Crippen LogP contribution in [0.1, 0.15) is 21.5 Å². The van der Waals surface area contributed by atoms with Crippen LogP contribution in [0.3, 0.4) is 0 Å². The molecule has 0 bridgehead atoms. The molecule has 1 aliphatic heterocycles. The van der Waals surface area contributed by atoms with E-state index in [1.54, 1.807) is 6.07 Å². The van der Waals surface area contributed by atoms with Crippen molar-refractivity contribution in [3.8, 4) is 34.0 Å². The minimum atomic E-state index is -0.741. The minimum absolute atomic E-state index is 0.149. The Hall–Kier alpha value is -3.88. The van der Waals surface area contributed by atoms with Crippen LogP contribution in [0.2, 0.25) is 0 Å². The highest BCUT2D eigenvalue weighted by Gasteiger charge is 2.19. The van der Waals surface area contributed by atoms with E-state index in [2.05, 4.69) is 51.0 Å². The molecule has 0 radical (unpaired) electrons. The van der Waals surface area contributed by atoms with Crippen molar-refractivity contribution in [1.82, 2.24) is 15.0 Å². The summed E-state index contributed by atoms with van der Waals surface area (Å²) in [7, 11) is 1.21. The van der Waals surface area contributed by atoms with Crippen LogP contribution in [-0.4, -0.2) is 54.4 Å². The summed E-state index contributed by atoms with van der Waals surface area (Å²) in [4.78, 5) is 18.5. The predicted octanol–water partition coefficient (Wildman–Crippen LogP) is 5.14. The highest BCUT2D eigenvalue weighted by atomic mass is 19.1. The second-order valence-corrected chi connectivity index (χ2v) is 8.68. The lowest BCUT2D eigenvalue weighted by molar-refractivity contribution is 0.0342. The fourth-order valence-electron chi connectivity index (χ4n) is 4.38. The number of hydrogen-bond acceptors (Lipinski definition) is 7. The van der Waals surface area contributed by atoms with E-state index >= 15 is 0 Å². The SMILES string of the molecule is COC(=O)c1ccc(-c2noc(-c3ccc(-c4ccccc4C)c(CN4CCOCC4)c3)n2)cc1F. The Bertz CT molecular complexity index is 1400. The van der Waals surface area contributed by atoms with Crippen molar-refractivity contribution in [1.29, 1.82) is 0 Å². The Balaban J connectivity index is 1.49. The summed E-state index contributed by atoms with van der Waals surface area (Å²) in [5.74, 6) is -0.879. The lowest BCUT2D eigenvalue weighted by Crippen LogP contribution is -2.35. The number of esters is 1. The van der Waals surface area contributed by atoms with Gasteiger partial charge in [0.1, 0.15) is 5.82 Å². The van der Waals surface area contributed by atoms with Crippen molar-refractivity contribution in [3.05, 3.63) is 83.2 Å². The van der Waals surface area contributed by atoms with Crippen LogP contribution in [0.4, 0.5) is 4.39 Å². The van der Waals surface area contributed by atoms with E-state index in [0.29, 0.717) is 11.5 Å². The number of morpholine rings is 1. The zero-order valence-corrected chi connectivity index (χ0v) is 20.2. The number of carbonyl (C=O) groups is 1. The largest absolute Gasteiger partial charge is 0.465 e. The Morgan fingerprint density at radius 2 is 1.81 bits per heavy atom. The Morgan fingerprint density at radius 3 is 2.56 bits per heavy atom. The molecule has 0 spiro atoms. The third kappa shape index (κ3) is 4.91. The first kappa shape index (κ1) is 23.8. The van der Waals surface area contributed by atoms with Crippen LogP contribution in [0.15, 0.2) is 65.2 Å². The number of aromatic nitrogens is 2. The Labute approximate surface area is 208 Å². The summed E-state index contributed by atoms with van der Waals surface area (Å²) < 4.78 is 30.1. The van der Waals surface area contributed by atoms with E-state index in [4.69, 9.17) is 9.26 Å². The number of methoxy groups -OCH3 is 1. The van der Waals surface area contributed by atoms with Crippen molar-refractivity contribution in [3.63, 3.8) is 0 Å². The van der Waals surface area contributed by atoms with Crippen LogP contribution in [-0.2, 0) is 16.0 Å². The molecule has 36 heavy (non-hydrogen) atoms. The Kier molecular flexibility index (Phi) is 6.88. The van der Waals surface area contributed by atoms with Gasteiger partial charge >= 0.3 is 5.97 Å². The summed E-state index contributed by atoms with van der Waals surface area (Å²) in [6.07, 6.45) is 0. The molecular formula is C28H26FN3O4. The molecule has 1 saturated heterocycles. The van der Waals surface area contributed by atoms with Crippen molar-refractivity contribution in [2.24, 2.45) is 0 Å². The lowest BCUT2D eigenvalue weighted by Gasteiger charge is -2.27. The number of halogens is 1. The minimum Gasteiger partial charge on any atom is -0.465 e. The van der Waals surface area contributed by atoms with Gasteiger partial charge in [-0.2, -0.15) is 4.98 Å². The van der Waals surface area contributed by atoms with Gasteiger partial charge in [-0.15, -0.1) is 0 Å². The van der Waals surface area contributed by atoms with Crippen molar-refractivity contribution < 1.29 is 23.2 Å². The highest BCUT2D eigenvalue weighted by Crippen LogP contribution is 2.32. The second-order valence-electron chi connectivity index (χ2n) is 8.68. The summed E-state index contributed by atoms with van der Waals surface area (Å²) in [5, 5.41) is 4.04. The summed E-state index contributed by atoms with van der Waals surface area (Å²) in [6.45, 7) is 6.05. The number of hydrogen-bond donors (Lipinski definition) is 0. The lowest BCUT2D eigenvalue weighted by atomic mass is 9.94. The van der Waals surface area contributed by atoms with Crippen molar-refractivity contribution in [2.45, 2.75) is 13.5 Å². The molecule has 0 atom stereocenters. The smallest absolute Gasteiger partial charge is 0.340 e. The zero-order valence-electron chi connectivity index (χ0n) is 20.2. The molecule has 0 N–H and O–H groups in total. The predicted molar refractivity (Wildman–Crippen MR) is 133 cm³/mol. The number of aryl methyl sites for hydroxylation is 1. The molecule has 4 aromatic rings. The molecule has 0 saturated carbocycles. The Morgan fingerprint density at radius 1 is 1.03 bits per heavy atom. The van der Waals surface area contributed by atoms with Gasteiger partial charge in [0.2, 0.25) is 5.82 Å². The van der Waals surface area contributed by atoms with Crippen molar-refractivity contribution in [2.75, 3.05) is 33.4 Å². The molecule has 0 unspecified atom stereocenters. The number of rotatable bonds is 6. The van der Waals surface area contributed by atoms with E-state index in [-0.39, 0.29) is 11.4 Å². The molecule has 7 nitrogen and oxygen atoms in total. The van der Waals surface area contributed by atoms with Gasteiger partial charge in [-0.25, -0.2) is 9.18 Å². The zero-order chi connectivity index (χ0) is 25.1. The fourth-order valence-corrected chi connectivity index (χ4v) is 4.38. The van der Waals surface area contributed by atoms with Crippen LogP contribution >= 0.6 is 0 Å². The third-order valence-corrected chi connectivity index (χ3v) is 6.34. The molecular weight excluding hydrogens is 461 g/mol. The topological polar surface area (TPSA) is 77.7 Å². The standard InChI is InChI=1S/C28H26FN3O4/c1-18-5-3-4-6-22(18)23-9-8-20(15-21(23)17-32-11-13-35-14-12-32)27-30-26(31-36-27)19-7-10-24(25(29)16-19)28(33)34-2/h3-10,15-16H,11-14,17H2,1-2H3. The van der Waals surface area contributed by atoms with Gasteiger partial charge in [0.05, 0.1) is 25.9 Å². The molecule has 0 aliphatic carbocycles. The molecule has 0 amide bonds. The van der Waals surface area contributed by atoms with E-state index in [0.717, 1.165) is 49.5 Å². The van der Waals surface area contributed by atoms with Crippen LogP contribution in [0, 0.1) is 12.7 Å². The molecule has 1 aromatic heterocycles. The van der Waals surface area contributed by atoms with Gasteiger partial charge in [-0.05, 0) is 59.5 Å². The van der Waals surface area contributed by atoms with Gasteiger partial charge in [0.15, 0.2) is 0 Å². The monoisotopic (exact) mass is 487 g/mol. The maximum Gasteiger partial charge on any atom is 0.340 e. The van der Waals surface area contributed by atoms with E-state index < -0.39 is 11.8 Å². The van der Waals surface area contributed by atoms with E-state index in [1.165, 1.54) is 30.4 Å². The molecule has 3 aromatic carbocycles. The van der Waals surface area contributed by atoms with Gasteiger partial charge in [-0.1, -0.05) is 35.5 Å². The second kappa shape index (κ2) is 10.4. The maximum atomic E-state index is 14.4. The normalized spacial score (nSPS) is 14.1. The van der Waals surface area contributed by atoms with Crippen LogP contribution in [0.25, 0.3) is 34.0 Å². The number of carbonyl (C=O) groups excluding carboxylic acids is 1. The molecule has 1 fully saturated rings. The average Bonchev–Trinajstić information content (AvgIpc) is 3.40. The maximum absolute atomic E-state index is 14.4. The molecule has 5 rings (SSSR count). The van der Waals surface area contributed by atoms with Gasteiger partial charge in [-0.3, -0.25) is 4.90 Å². The van der Waals surface area contributed by atoms with E-state index in [9.17, 15) is 9.18 Å². The first-order chi connectivity index (χ1) is 17.5. The van der Waals surface area contributed by atoms with Gasteiger partial charge in [0, 0.05) is 30.8 Å². The third-order valence-electron chi connectivity index (χ3n) is 6.34. The molecule has 2 heterocycles. The molecule has 1 aliphatic rings. The molecule has 8 heteroatoms. The van der Waals surface area contributed by atoms with Gasteiger partial charge < -0.3 is 14.0 Å². The quantitative estimate of drug-likeness (QED) is 0.349. The summed E-state index contributed by atoms with van der Waals surface area (Å²) >= 11 is 0. The van der Waals surface area contributed by atoms with E-state index in [1.807, 2.05) is 18.2 Å². The van der Waals surface area contributed by atoms with Gasteiger partial charge in [0.25, 0.3) is 5.89 Å². The first-order valence-corrected chi connectivity index (χ1v) is 11.7. The van der Waals surface area contributed by atoms with Crippen LogP contribution in [0.5, 0.6) is 0 Å². The number of ether oxygens (including phenoxy) is 2. The highest BCUT2D eigenvalue weighted by molar-refractivity contribution is 5.90. The van der Waals surface area contributed by atoms with Crippen LogP contribution < -0.4 is 0 Å². The molecule has 184 valence electrons. The summed E-state index contributed by atoms with van der Waals surface area (Å²) in [6, 6.07) is 18.6. The number of benzene rings is 3. The summed E-state index contributed by atoms with van der Waals surface area (Å²) in [5.41, 5.74) is 5.72. The number of nitrogens with zero attached hydrogens (tertiary/aromatic N) is 3. The first-order valence-electron chi connectivity index (χ1n) is 11.7. The van der Waals surface area contributed by atoms with Crippen molar-refractivity contribution >= 4 is 5.97 Å².